The summed E-state index contributed by atoms with van der Waals surface area (Å²) in [6.07, 6.45) is 0.485. The summed E-state index contributed by atoms with van der Waals surface area (Å²) in [6, 6.07) is 14.9. The van der Waals surface area contributed by atoms with E-state index in [0.29, 0.717) is 44.9 Å². The van der Waals surface area contributed by atoms with Gasteiger partial charge in [-0.25, -0.2) is 4.99 Å². The fourth-order valence-electron chi connectivity index (χ4n) is 4.01. The number of benzene rings is 3. The van der Waals surface area contributed by atoms with Gasteiger partial charge in [0.2, 0.25) is 6.17 Å². The molecule has 4 rings (SSSR count). The van der Waals surface area contributed by atoms with E-state index >= 15 is 0 Å². The Morgan fingerprint density at radius 1 is 1.00 bits per heavy atom. The molecule has 3 N–H and O–H groups in total. The minimum absolute atomic E-state index is 0.179. The van der Waals surface area contributed by atoms with Gasteiger partial charge in [-0.05, 0) is 62.3 Å². The number of hydrogen-bond donors (Lipinski definition) is 3. The van der Waals surface area contributed by atoms with Crippen molar-refractivity contribution in [3.63, 3.8) is 0 Å². The highest BCUT2D eigenvalue weighted by Crippen LogP contribution is 2.34. The number of hydrogen-bond acceptors (Lipinski definition) is 5. The number of halogens is 4. The van der Waals surface area contributed by atoms with E-state index in [1.807, 2.05) is 0 Å². The third-order valence-corrected chi connectivity index (χ3v) is 6.88. The standard InChI is InChI=1S/C28H26Cl4N4O3/c1-2-10-33-11-5-12-39-23-9-8-16(29)13-19(23)27(37)36-26-28(38)34-22-7-4-3-6-18(22)25(35-26)24-20(31)14-17(30)15-21(24)32/h3-4,6-9,13-15,26,33H,2,5,10-12H2,1H3,(H,34,38)(H,36,37). The van der Waals surface area contributed by atoms with Crippen LogP contribution in [0.3, 0.4) is 0 Å². The predicted molar refractivity (Wildman–Crippen MR) is 158 cm³/mol. The van der Waals surface area contributed by atoms with Crippen molar-refractivity contribution in [1.29, 1.82) is 0 Å². The highest BCUT2D eigenvalue weighted by molar-refractivity contribution is 6.44. The predicted octanol–water partition coefficient (Wildman–Crippen LogP) is 6.61. The van der Waals surface area contributed by atoms with E-state index < -0.39 is 18.0 Å². The van der Waals surface area contributed by atoms with Crippen molar-refractivity contribution in [2.75, 3.05) is 25.0 Å². The van der Waals surface area contributed by atoms with Gasteiger partial charge < -0.3 is 20.7 Å². The summed E-state index contributed by atoms with van der Waals surface area (Å²) in [5.74, 6) is -0.782. The normalized spacial score (nSPS) is 14.6. The Balaban J connectivity index is 1.64. The molecule has 0 bridgehead atoms. The fraction of sp³-hybridized carbons (Fsp3) is 0.250. The molecule has 1 atom stereocenters. The number of benzodiazepines with no additional fused rings is 1. The van der Waals surface area contributed by atoms with E-state index in [2.05, 4.69) is 27.9 Å². The molecule has 1 heterocycles. The van der Waals surface area contributed by atoms with Gasteiger partial charge in [0.05, 0.1) is 33.6 Å². The smallest absolute Gasteiger partial charge is 0.269 e. The maximum absolute atomic E-state index is 13.4. The Morgan fingerprint density at radius 2 is 1.74 bits per heavy atom. The molecule has 3 aromatic carbocycles. The lowest BCUT2D eigenvalue weighted by atomic mass is 10.0. The van der Waals surface area contributed by atoms with Crippen molar-refractivity contribution in [2.45, 2.75) is 25.9 Å². The van der Waals surface area contributed by atoms with Gasteiger partial charge in [0, 0.05) is 21.2 Å². The molecule has 0 saturated heterocycles. The number of carbonyl (C=O) groups is 2. The summed E-state index contributed by atoms with van der Waals surface area (Å²) in [6.45, 7) is 4.21. The second-order valence-electron chi connectivity index (χ2n) is 8.73. The number of carbonyl (C=O) groups excluding carboxylic acids is 2. The molecule has 11 heteroatoms. The van der Waals surface area contributed by atoms with Gasteiger partial charge in [-0.2, -0.15) is 0 Å². The van der Waals surface area contributed by atoms with Gasteiger partial charge in [-0.3, -0.25) is 9.59 Å². The molecule has 1 aliphatic rings. The van der Waals surface area contributed by atoms with Crippen LogP contribution < -0.4 is 20.7 Å². The van der Waals surface area contributed by atoms with Crippen molar-refractivity contribution < 1.29 is 14.3 Å². The van der Waals surface area contributed by atoms with Gasteiger partial charge in [0.25, 0.3) is 11.8 Å². The van der Waals surface area contributed by atoms with Crippen LogP contribution in [0, 0.1) is 0 Å². The molecule has 7 nitrogen and oxygen atoms in total. The van der Waals surface area contributed by atoms with Crippen molar-refractivity contribution in [1.82, 2.24) is 10.6 Å². The summed E-state index contributed by atoms with van der Waals surface area (Å²) in [7, 11) is 0. The minimum Gasteiger partial charge on any atom is -0.493 e. The Hall–Kier alpha value is -2.81. The van der Waals surface area contributed by atoms with Crippen LogP contribution >= 0.6 is 46.4 Å². The van der Waals surface area contributed by atoms with Crippen LogP contribution in [0.4, 0.5) is 5.69 Å². The average molecular weight is 608 g/mol. The first-order chi connectivity index (χ1) is 18.8. The number of ether oxygens (including phenoxy) is 1. The summed E-state index contributed by atoms with van der Waals surface area (Å²) >= 11 is 25.4. The number of amides is 2. The van der Waals surface area contributed by atoms with Gasteiger partial charge >= 0.3 is 0 Å². The van der Waals surface area contributed by atoms with Crippen LogP contribution in [0.25, 0.3) is 0 Å². The lowest BCUT2D eigenvalue weighted by Gasteiger charge is -2.16. The number of para-hydroxylation sites is 1. The Bertz CT molecular complexity index is 1390. The molecular weight excluding hydrogens is 582 g/mol. The van der Waals surface area contributed by atoms with E-state index in [1.165, 1.54) is 18.2 Å². The van der Waals surface area contributed by atoms with Crippen LogP contribution in [-0.4, -0.2) is 43.4 Å². The van der Waals surface area contributed by atoms with E-state index in [-0.39, 0.29) is 15.6 Å². The van der Waals surface area contributed by atoms with Gasteiger partial charge in [-0.1, -0.05) is 71.5 Å². The molecule has 0 aliphatic carbocycles. The van der Waals surface area contributed by atoms with E-state index in [4.69, 9.17) is 51.1 Å². The second kappa shape index (κ2) is 13.5. The van der Waals surface area contributed by atoms with Crippen molar-refractivity contribution in [3.05, 3.63) is 91.4 Å². The van der Waals surface area contributed by atoms with Gasteiger partial charge in [-0.15, -0.1) is 0 Å². The van der Waals surface area contributed by atoms with Crippen LogP contribution in [0.2, 0.25) is 20.1 Å². The summed E-state index contributed by atoms with van der Waals surface area (Å²) in [5, 5.41) is 10.0. The highest BCUT2D eigenvalue weighted by Gasteiger charge is 2.30. The zero-order valence-electron chi connectivity index (χ0n) is 21.0. The maximum Gasteiger partial charge on any atom is 0.269 e. The maximum atomic E-state index is 13.4. The molecule has 0 aromatic heterocycles. The first-order valence-electron chi connectivity index (χ1n) is 12.4. The first kappa shape index (κ1) is 29.2. The third-order valence-electron chi connectivity index (χ3n) is 5.83. The number of anilines is 1. The average Bonchev–Trinajstić information content (AvgIpc) is 3.02. The second-order valence-corrected chi connectivity index (χ2v) is 10.4. The molecular formula is C28H26Cl4N4O3. The number of nitrogens with one attached hydrogen (secondary N) is 3. The molecule has 0 fully saturated rings. The number of nitrogens with zero attached hydrogens (tertiary/aromatic N) is 1. The van der Waals surface area contributed by atoms with Crippen LogP contribution in [0.5, 0.6) is 5.75 Å². The largest absolute Gasteiger partial charge is 0.493 e. The van der Waals surface area contributed by atoms with Crippen LogP contribution in [0.1, 0.15) is 41.3 Å². The zero-order chi connectivity index (χ0) is 27.9. The Labute approximate surface area is 246 Å². The zero-order valence-corrected chi connectivity index (χ0v) is 24.0. The van der Waals surface area contributed by atoms with E-state index in [1.54, 1.807) is 36.4 Å². The molecule has 0 spiro atoms. The first-order valence-corrected chi connectivity index (χ1v) is 13.9. The van der Waals surface area contributed by atoms with Crippen molar-refractivity contribution >= 4 is 69.6 Å². The fourth-order valence-corrected chi connectivity index (χ4v) is 5.18. The number of aliphatic imine (C=N–C) groups is 1. The van der Waals surface area contributed by atoms with Crippen molar-refractivity contribution in [3.8, 4) is 5.75 Å². The molecule has 0 radical (unpaired) electrons. The quantitative estimate of drug-likeness (QED) is 0.226. The minimum atomic E-state index is -1.31. The molecule has 0 saturated carbocycles. The van der Waals surface area contributed by atoms with Crippen LogP contribution in [0.15, 0.2) is 59.6 Å². The van der Waals surface area contributed by atoms with Crippen molar-refractivity contribution in [2.24, 2.45) is 4.99 Å². The van der Waals surface area contributed by atoms with Crippen LogP contribution in [-0.2, 0) is 4.79 Å². The number of rotatable bonds is 10. The molecule has 1 unspecified atom stereocenters. The molecule has 2 amide bonds. The van der Waals surface area contributed by atoms with Gasteiger partial charge in [0.15, 0.2) is 0 Å². The third kappa shape index (κ3) is 7.24. The van der Waals surface area contributed by atoms with Gasteiger partial charge in [0.1, 0.15) is 5.75 Å². The lowest BCUT2D eigenvalue weighted by Crippen LogP contribution is -2.42. The molecule has 39 heavy (non-hydrogen) atoms. The monoisotopic (exact) mass is 606 g/mol. The summed E-state index contributed by atoms with van der Waals surface area (Å²) in [4.78, 5) is 31.3. The Morgan fingerprint density at radius 3 is 2.49 bits per heavy atom. The van der Waals surface area contributed by atoms with E-state index in [9.17, 15) is 9.59 Å². The molecule has 204 valence electrons. The Kier molecular flexibility index (Phi) is 10.1. The molecule has 3 aromatic rings. The number of fused-ring (bicyclic) bond motifs is 1. The molecule has 1 aliphatic heterocycles. The SMILES string of the molecule is CCCNCCCOc1ccc(Cl)cc1C(=O)NC1N=C(c2c(Cl)cc(Cl)cc2Cl)c2ccccc2NC1=O. The van der Waals surface area contributed by atoms with E-state index in [0.717, 1.165) is 25.9 Å². The topological polar surface area (TPSA) is 91.8 Å². The summed E-state index contributed by atoms with van der Waals surface area (Å²) < 4.78 is 5.87. The lowest BCUT2D eigenvalue weighted by molar-refractivity contribution is -0.117. The summed E-state index contributed by atoms with van der Waals surface area (Å²) in [5.41, 5.74) is 1.95. The highest BCUT2D eigenvalue weighted by atomic mass is 35.5.